The van der Waals surface area contributed by atoms with Crippen molar-refractivity contribution >= 4 is 16.8 Å². The molecule has 3 rings (SSSR count). The topological polar surface area (TPSA) is 73.2 Å². The van der Waals surface area contributed by atoms with Crippen LogP contribution in [0.1, 0.15) is 43.6 Å². The smallest absolute Gasteiger partial charge is 0.261 e. The first-order valence-electron chi connectivity index (χ1n) is 9.90. The minimum atomic E-state index is -0.422. The molecule has 0 unspecified atom stereocenters. The van der Waals surface area contributed by atoms with E-state index in [1.807, 2.05) is 62.4 Å². The highest BCUT2D eigenvalue weighted by atomic mass is 16.5. The van der Waals surface area contributed by atoms with Gasteiger partial charge in [-0.3, -0.25) is 14.2 Å². The third-order valence-corrected chi connectivity index (χ3v) is 5.08. The number of benzene rings is 2. The van der Waals surface area contributed by atoms with Crippen LogP contribution in [-0.4, -0.2) is 29.2 Å². The van der Waals surface area contributed by atoms with E-state index in [9.17, 15) is 9.59 Å². The van der Waals surface area contributed by atoms with Crippen LogP contribution in [0.15, 0.2) is 59.4 Å². The zero-order valence-corrected chi connectivity index (χ0v) is 17.1. The van der Waals surface area contributed by atoms with Crippen LogP contribution in [0.25, 0.3) is 10.9 Å². The van der Waals surface area contributed by atoms with Gasteiger partial charge in [0.15, 0.2) is 0 Å². The highest BCUT2D eigenvalue weighted by Crippen LogP contribution is 2.21. The Labute approximate surface area is 170 Å². The van der Waals surface area contributed by atoms with E-state index in [1.165, 1.54) is 0 Å². The number of amides is 1. The van der Waals surface area contributed by atoms with E-state index < -0.39 is 6.04 Å². The standard InChI is InChI=1S/C23H27N3O3/c1-4-18(17-10-6-5-7-11-17)22(27)24-16(2)21-25-20-13-9-8-12-19(20)23(28)26(21)14-15-29-3/h5-13,16,18H,4,14-15H2,1-3H3,(H,24,27)/t16-,18-/m0/s1. The molecule has 0 saturated carbocycles. The second-order valence-corrected chi connectivity index (χ2v) is 7.04. The number of nitrogens with zero attached hydrogens (tertiary/aromatic N) is 2. The van der Waals surface area contributed by atoms with Crippen molar-refractivity contribution in [2.24, 2.45) is 0 Å². The number of rotatable bonds is 8. The molecular formula is C23H27N3O3. The number of ether oxygens (including phenoxy) is 1. The van der Waals surface area contributed by atoms with Crippen molar-refractivity contribution in [3.8, 4) is 0 Å². The number of hydrogen-bond acceptors (Lipinski definition) is 4. The monoisotopic (exact) mass is 393 g/mol. The highest BCUT2D eigenvalue weighted by Gasteiger charge is 2.23. The van der Waals surface area contributed by atoms with Crippen molar-refractivity contribution in [3.63, 3.8) is 0 Å². The Hall–Kier alpha value is -2.99. The molecule has 0 aliphatic heterocycles. The molecule has 2 atom stereocenters. The van der Waals surface area contributed by atoms with Crippen molar-refractivity contribution in [1.29, 1.82) is 0 Å². The first-order chi connectivity index (χ1) is 14.1. The van der Waals surface area contributed by atoms with Crippen LogP contribution >= 0.6 is 0 Å². The van der Waals surface area contributed by atoms with Crippen LogP contribution < -0.4 is 10.9 Å². The summed E-state index contributed by atoms with van der Waals surface area (Å²) in [6, 6.07) is 16.6. The fraction of sp³-hybridized carbons (Fsp3) is 0.348. The third-order valence-electron chi connectivity index (χ3n) is 5.08. The average Bonchev–Trinajstić information content (AvgIpc) is 2.74. The van der Waals surface area contributed by atoms with Gasteiger partial charge in [0.25, 0.3) is 5.56 Å². The normalized spacial score (nSPS) is 13.2. The van der Waals surface area contributed by atoms with Crippen LogP contribution in [0.2, 0.25) is 0 Å². The molecule has 152 valence electrons. The van der Waals surface area contributed by atoms with Gasteiger partial charge in [-0.1, -0.05) is 49.4 Å². The van der Waals surface area contributed by atoms with Gasteiger partial charge in [-0.2, -0.15) is 0 Å². The molecule has 1 aromatic heterocycles. The summed E-state index contributed by atoms with van der Waals surface area (Å²) in [7, 11) is 1.59. The van der Waals surface area contributed by atoms with Gasteiger partial charge in [0.05, 0.1) is 36.0 Å². The fourth-order valence-corrected chi connectivity index (χ4v) is 3.55. The third kappa shape index (κ3) is 4.54. The zero-order chi connectivity index (χ0) is 20.8. The molecule has 3 aromatic rings. The van der Waals surface area contributed by atoms with Gasteiger partial charge >= 0.3 is 0 Å². The number of methoxy groups -OCH3 is 1. The first kappa shape index (κ1) is 20.7. The fourth-order valence-electron chi connectivity index (χ4n) is 3.55. The van der Waals surface area contributed by atoms with E-state index in [0.717, 1.165) is 5.56 Å². The maximum atomic E-state index is 13.0. The van der Waals surface area contributed by atoms with Crippen LogP contribution in [-0.2, 0) is 16.1 Å². The van der Waals surface area contributed by atoms with Gasteiger partial charge in [-0.15, -0.1) is 0 Å². The molecule has 0 aliphatic rings. The van der Waals surface area contributed by atoms with E-state index in [2.05, 4.69) is 5.32 Å². The number of fused-ring (bicyclic) bond motifs is 1. The molecule has 0 aliphatic carbocycles. The Morgan fingerprint density at radius 3 is 2.52 bits per heavy atom. The predicted octanol–water partition coefficient (Wildman–Crippen LogP) is 3.41. The van der Waals surface area contributed by atoms with Gasteiger partial charge in [-0.05, 0) is 31.0 Å². The largest absolute Gasteiger partial charge is 0.383 e. The summed E-state index contributed by atoms with van der Waals surface area (Å²) in [6.07, 6.45) is 0.685. The van der Waals surface area contributed by atoms with Gasteiger partial charge in [-0.25, -0.2) is 4.98 Å². The lowest BCUT2D eigenvalue weighted by atomic mass is 9.95. The Morgan fingerprint density at radius 1 is 1.14 bits per heavy atom. The van der Waals surface area contributed by atoms with Crippen molar-refractivity contribution in [2.45, 2.75) is 38.8 Å². The van der Waals surface area contributed by atoms with Crippen molar-refractivity contribution in [2.75, 3.05) is 13.7 Å². The number of nitrogens with one attached hydrogen (secondary N) is 1. The van der Waals surface area contributed by atoms with E-state index in [4.69, 9.17) is 9.72 Å². The lowest BCUT2D eigenvalue weighted by Crippen LogP contribution is -2.36. The van der Waals surface area contributed by atoms with E-state index in [1.54, 1.807) is 17.7 Å². The van der Waals surface area contributed by atoms with Crippen molar-refractivity contribution in [1.82, 2.24) is 14.9 Å². The maximum absolute atomic E-state index is 13.0. The minimum absolute atomic E-state index is 0.0769. The molecule has 29 heavy (non-hydrogen) atoms. The number of carbonyl (C=O) groups is 1. The molecule has 1 N–H and O–H groups in total. The Morgan fingerprint density at radius 2 is 1.83 bits per heavy atom. The SMILES string of the molecule is CC[C@H](C(=O)N[C@@H](C)c1nc2ccccc2c(=O)n1CCOC)c1ccccc1. The molecule has 6 heteroatoms. The van der Waals surface area contributed by atoms with Gasteiger partial charge in [0, 0.05) is 7.11 Å². The summed E-state index contributed by atoms with van der Waals surface area (Å²) < 4.78 is 6.76. The quantitative estimate of drug-likeness (QED) is 0.636. The lowest BCUT2D eigenvalue weighted by molar-refractivity contribution is -0.123. The Kier molecular flexibility index (Phi) is 6.77. The van der Waals surface area contributed by atoms with E-state index in [-0.39, 0.29) is 17.4 Å². The second-order valence-electron chi connectivity index (χ2n) is 7.04. The van der Waals surface area contributed by atoms with Gasteiger partial charge in [0.1, 0.15) is 5.82 Å². The van der Waals surface area contributed by atoms with Crippen LogP contribution in [0, 0.1) is 0 Å². The summed E-state index contributed by atoms with van der Waals surface area (Å²) in [5.41, 5.74) is 1.47. The zero-order valence-electron chi connectivity index (χ0n) is 17.1. The maximum Gasteiger partial charge on any atom is 0.261 e. The number of carbonyl (C=O) groups excluding carboxylic acids is 1. The van der Waals surface area contributed by atoms with Crippen molar-refractivity contribution in [3.05, 3.63) is 76.3 Å². The predicted molar refractivity (Wildman–Crippen MR) is 114 cm³/mol. The summed E-state index contributed by atoms with van der Waals surface area (Å²) in [5.74, 6) is 0.201. The molecule has 0 spiro atoms. The Bertz CT molecular complexity index is 1030. The van der Waals surface area contributed by atoms with Crippen LogP contribution in [0.4, 0.5) is 0 Å². The Balaban J connectivity index is 1.94. The molecule has 0 bridgehead atoms. The highest BCUT2D eigenvalue weighted by molar-refractivity contribution is 5.84. The van der Waals surface area contributed by atoms with Crippen LogP contribution in [0.3, 0.4) is 0 Å². The van der Waals surface area contributed by atoms with Gasteiger partial charge in [0.2, 0.25) is 5.91 Å². The molecule has 1 heterocycles. The van der Waals surface area contributed by atoms with Gasteiger partial charge < -0.3 is 10.1 Å². The lowest BCUT2D eigenvalue weighted by Gasteiger charge is -2.22. The number of aromatic nitrogens is 2. The second kappa shape index (κ2) is 9.47. The molecule has 0 saturated heterocycles. The molecule has 0 radical (unpaired) electrons. The summed E-state index contributed by atoms with van der Waals surface area (Å²) in [4.78, 5) is 30.7. The number of para-hydroxylation sites is 1. The van der Waals surface area contributed by atoms with Crippen molar-refractivity contribution < 1.29 is 9.53 Å². The summed E-state index contributed by atoms with van der Waals surface area (Å²) in [5, 5.41) is 3.61. The molecule has 1 amide bonds. The minimum Gasteiger partial charge on any atom is -0.383 e. The average molecular weight is 393 g/mol. The first-order valence-corrected chi connectivity index (χ1v) is 9.90. The van der Waals surface area contributed by atoms with E-state index >= 15 is 0 Å². The van der Waals surface area contributed by atoms with E-state index in [0.29, 0.717) is 36.3 Å². The molecule has 0 fully saturated rings. The molecule has 6 nitrogen and oxygen atoms in total. The van der Waals surface area contributed by atoms with Crippen LogP contribution in [0.5, 0.6) is 0 Å². The molecule has 2 aromatic carbocycles. The summed E-state index contributed by atoms with van der Waals surface area (Å²) in [6.45, 7) is 4.61. The molecular weight excluding hydrogens is 366 g/mol. The summed E-state index contributed by atoms with van der Waals surface area (Å²) >= 11 is 0. The number of hydrogen-bond donors (Lipinski definition) is 1.